The van der Waals surface area contributed by atoms with Gasteiger partial charge in [-0.05, 0) is 58.4 Å². The largest absolute Gasteiger partial charge is 0.479 e. The lowest BCUT2D eigenvalue weighted by atomic mass is 10.2. The van der Waals surface area contributed by atoms with Crippen molar-refractivity contribution in [3.8, 4) is 18.1 Å². The molecule has 2 rings (SSSR count). The highest BCUT2D eigenvalue weighted by Gasteiger charge is 2.34. The molecule has 2 amide bonds. The van der Waals surface area contributed by atoms with Crippen LogP contribution in [0.2, 0.25) is 5.02 Å². The average Bonchev–Trinajstić information content (AvgIpc) is 2.82. The highest BCUT2D eigenvalue weighted by Crippen LogP contribution is 2.37. The number of imide groups is 1. The number of hydrogen-bond acceptors (Lipinski definition) is 6. The maximum Gasteiger partial charge on any atom is 0.344 e. The minimum Gasteiger partial charge on any atom is -0.479 e. The molecule has 1 aromatic rings. The van der Waals surface area contributed by atoms with E-state index in [4.69, 9.17) is 27.5 Å². The topological polar surface area (TPSA) is 72.9 Å². The fourth-order valence-electron chi connectivity index (χ4n) is 2.01. The SMILES string of the molecule is C#CCN1C(=O)SC(=Cc2cc(Cl)c(OCC(=O)OCC)c(Br)c2)C1=O. The van der Waals surface area contributed by atoms with Gasteiger partial charge in [0.1, 0.15) is 0 Å². The summed E-state index contributed by atoms with van der Waals surface area (Å²) in [6, 6.07) is 3.21. The number of thioether (sulfide) groups is 1. The van der Waals surface area contributed by atoms with E-state index in [2.05, 4.69) is 21.9 Å². The number of halogens is 2. The predicted molar refractivity (Wildman–Crippen MR) is 103 cm³/mol. The Kier molecular flexibility index (Phi) is 7.14. The van der Waals surface area contributed by atoms with Gasteiger partial charge in [-0.2, -0.15) is 0 Å². The van der Waals surface area contributed by atoms with Gasteiger partial charge in [0.25, 0.3) is 11.1 Å². The molecule has 0 bridgehead atoms. The lowest BCUT2D eigenvalue weighted by Gasteiger charge is -2.11. The summed E-state index contributed by atoms with van der Waals surface area (Å²) in [6.45, 7) is 1.59. The first-order valence-electron chi connectivity index (χ1n) is 7.33. The number of benzene rings is 1. The van der Waals surface area contributed by atoms with Crippen molar-refractivity contribution in [2.24, 2.45) is 0 Å². The van der Waals surface area contributed by atoms with Crippen LogP contribution >= 0.6 is 39.3 Å². The van der Waals surface area contributed by atoms with Crippen molar-refractivity contribution in [1.82, 2.24) is 4.90 Å². The monoisotopic (exact) mass is 457 g/mol. The van der Waals surface area contributed by atoms with Crippen molar-refractivity contribution < 1.29 is 23.9 Å². The van der Waals surface area contributed by atoms with Crippen LogP contribution in [-0.2, 0) is 14.3 Å². The van der Waals surface area contributed by atoms with Crippen LogP contribution in [0.15, 0.2) is 21.5 Å². The third kappa shape index (κ3) is 4.81. The number of terminal acetylenes is 1. The Morgan fingerprint density at radius 3 is 2.81 bits per heavy atom. The second-order valence-electron chi connectivity index (χ2n) is 4.88. The maximum absolute atomic E-state index is 12.2. The molecule has 0 aromatic heterocycles. The molecule has 1 saturated heterocycles. The summed E-state index contributed by atoms with van der Waals surface area (Å²) in [6.07, 6.45) is 6.70. The van der Waals surface area contributed by atoms with Crippen LogP contribution in [0.4, 0.5) is 4.79 Å². The molecule has 0 saturated carbocycles. The molecule has 1 fully saturated rings. The number of carbonyl (C=O) groups is 3. The predicted octanol–water partition coefficient (Wildman–Crippen LogP) is 3.71. The van der Waals surface area contributed by atoms with Crippen LogP contribution in [0.5, 0.6) is 5.75 Å². The lowest BCUT2D eigenvalue weighted by molar-refractivity contribution is -0.145. The fourth-order valence-corrected chi connectivity index (χ4v) is 3.84. The van der Waals surface area contributed by atoms with Crippen molar-refractivity contribution in [1.29, 1.82) is 0 Å². The molecular formula is C17H13BrClNO5S. The van der Waals surface area contributed by atoms with Crippen LogP contribution < -0.4 is 4.74 Å². The standard InChI is InChI=1S/C17H13BrClNO5S/c1-3-5-20-16(22)13(26-17(20)23)8-10-6-11(18)15(12(19)7-10)25-9-14(21)24-4-2/h1,6-8H,4-5,9H2,2H3. The third-order valence-corrected chi connectivity index (χ3v) is 4.86. The third-order valence-electron chi connectivity index (χ3n) is 3.08. The zero-order valence-electron chi connectivity index (χ0n) is 13.6. The zero-order chi connectivity index (χ0) is 19.3. The van der Waals surface area contributed by atoms with Crippen molar-refractivity contribution in [2.75, 3.05) is 19.8 Å². The minimum atomic E-state index is -0.512. The van der Waals surface area contributed by atoms with Crippen LogP contribution in [-0.4, -0.2) is 41.8 Å². The Labute approximate surface area is 168 Å². The minimum absolute atomic E-state index is 0.0763. The number of carbonyl (C=O) groups excluding carboxylic acids is 3. The summed E-state index contributed by atoms with van der Waals surface area (Å²) in [7, 11) is 0. The molecule has 1 aromatic carbocycles. The molecule has 0 unspecified atom stereocenters. The molecule has 9 heteroatoms. The van der Waals surface area contributed by atoms with Crippen molar-refractivity contribution in [2.45, 2.75) is 6.92 Å². The van der Waals surface area contributed by atoms with Crippen molar-refractivity contribution >= 4 is 62.5 Å². The van der Waals surface area contributed by atoms with Crippen LogP contribution in [0.25, 0.3) is 6.08 Å². The summed E-state index contributed by atoms with van der Waals surface area (Å²) in [4.78, 5) is 36.6. The average molecular weight is 459 g/mol. The van der Waals surface area contributed by atoms with Crippen molar-refractivity contribution in [3.63, 3.8) is 0 Å². The van der Waals surface area contributed by atoms with E-state index in [-0.39, 0.29) is 35.4 Å². The summed E-state index contributed by atoms with van der Waals surface area (Å²) in [5.74, 6) is 1.59. The fraction of sp³-hybridized carbons (Fsp3) is 0.235. The van der Waals surface area contributed by atoms with Gasteiger partial charge in [-0.1, -0.05) is 17.5 Å². The summed E-state index contributed by atoms with van der Waals surface area (Å²) in [5.41, 5.74) is 0.580. The molecule has 136 valence electrons. The Bertz CT molecular complexity index is 810. The number of ether oxygens (including phenoxy) is 2. The molecule has 26 heavy (non-hydrogen) atoms. The maximum atomic E-state index is 12.2. The summed E-state index contributed by atoms with van der Waals surface area (Å²) < 4.78 is 10.6. The normalized spacial score (nSPS) is 15.3. The number of rotatable bonds is 6. The summed E-state index contributed by atoms with van der Waals surface area (Å²) in [5, 5.41) is -0.184. The van der Waals surface area contributed by atoms with E-state index in [1.165, 1.54) is 6.08 Å². The van der Waals surface area contributed by atoms with Gasteiger partial charge in [-0.3, -0.25) is 14.5 Å². The highest BCUT2D eigenvalue weighted by molar-refractivity contribution is 9.10. The van der Waals surface area contributed by atoms with Crippen LogP contribution in [0.3, 0.4) is 0 Å². The van der Waals surface area contributed by atoms with Gasteiger partial charge < -0.3 is 9.47 Å². The lowest BCUT2D eigenvalue weighted by Crippen LogP contribution is -2.28. The molecule has 0 spiro atoms. The molecule has 0 atom stereocenters. The quantitative estimate of drug-likeness (QED) is 0.368. The van der Waals surface area contributed by atoms with E-state index < -0.39 is 17.1 Å². The molecular weight excluding hydrogens is 446 g/mol. The van der Waals surface area contributed by atoms with Crippen LogP contribution in [0, 0.1) is 12.3 Å². The zero-order valence-corrected chi connectivity index (χ0v) is 16.7. The smallest absolute Gasteiger partial charge is 0.344 e. The van der Waals surface area contributed by atoms with E-state index >= 15 is 0 Å². The molecule has 0 radical (unpaired) electrons. The second-order valence-corrected chi connectivity index (χ2v) is 7.13. The van der Waals surface area contributed by atoms with Gasteiger partial charge in [-0.25, -0.2) is 4.79 Å². The number of nitrogens with zero attached hydrogens (tertiary/aromatic N) is 1. The molecule has 6 nitrogen and oxygen atoms in total. The molecule has 0 N–H and O–H groups in total. The molecule has 0 aliphatic carbocycles. The first-order valence-corrected chi connectivity index (χ1v) is 9.32. The molecule has 1 aliphatic rings. The summed E-state index contributed by atoms with van der Waals surface area (Å²) >= 11 is 10.3. The Balaban J connectivity index is 2.20. The number of esters is 1. The number of amides is 2. The van der Waals surface area contributed by atoms with E-state index in [1.807, 2.05) is 0 Å². The Morgan fingerprint density at radius 1 is 1.46 bits per heavy atom. The van der Waals surface area contributed by atoms with Gasteiger partial charge in [0.2, 0.25) is 0 Å². The first-order chi connectivity index (χ1) is 12.4. The van der Waals surface area contributed by atoms with E-state index in [0.29, 0.717) is 10.0 Å². The van der Waals surface area contributed by atoms with Crippen LogP contribution in [0.1, 0.15) is 12.5 Å². The highest BCUT2D eigenvalue weighted by atomic mass is 79.9. The van der Waals surface area contributed by atoms with Crippen molar-refractivity contribution in [3.05, 3.63) is 32.1 Å². The Morgan fingerprint density at radius 2 is 2.19 bits per heavy atom. The number of hydrogen-bond donors (Lipinski definition) is 0. The van der Waals surface area contributed by atoms with Gasteiger partial charge >= 0.3 is 5.97 Å². The molecule has 1 heterocycles. The van der Waals surface area contributed by atoms with Gasteiger partial charge in [0.05, 0.1) is 27.6 Å². The molecule has 1 aliphatic heterocycles. The van der Waals surface area contributed by atoms with E-state index in [9.17, 15) is 14.4 Å². The van der Waals surface area contributed by atoms with E-state index in [1.54, 1.807) is 19.1 Å². The van der Waals surface area contributed by atoms with Gasteiger partial charge in [-0.15, -0.1) is 6.42 Å². The first kappa shape index (κ1) is 20.4. The van der Waals surface area contributed by atoms with Gasteiger partial charge in [0, 0.05) is 0 Å². The Hall–Kier alpha value is -1.95. The second kappa shape index (κ2) is 9.12. The van der Waals surface area contributed by atoms with Gasteiger partial charge in [0.15, 0.2) is 12.4 Å². The van der Waals surface area contributed by atoms with E-state index in [0.717, 1.165) is 16.7 Å².